The Balaban J connectivity index is 2.23. The number of benzene rings is 1. The van der Waals surface area contributed by atoms with Crippen LogP contribution in [0.25, 0.3) is 0 Å². The SMILES string of the molecule is CN(CCCNC(=O)NC[C@@H](O)c1ccc(F)cc1)S(C)(=O)=O. The molecule has 1 rings (SSSR count). The first kappa shape index (κ1) is 19.3. The number of nitrogens with one attached hydrogen (secondary N) is 2. The molecule has 130 valence electrons. The first-order valence-corrected chi connectivity index (χ1v) is 8.91. The molecule has 1 atom stereocenters. The van der Waals surface area contributed by atoms with Gasteiger partial charge in [0.2, 0.25) is 10.0 Å². The van der Waals surface area contributed by atoms with Crippen LogP contribution < -0.4 is 10.6 Å². The molecule has 0 saturated carbocycles. The summed E-state index contributed by atoms with van der Waals surface area (Å²) in [6, 6.07) is 4.89. The zero-order valence-corrected chi connectivity index (χ0v) is 13.9. The summed E-state index contributed by atoms with van der Waals surface area (Å²) in [5.74, 6) is -0.397. The highest BCUT2D eigenvalue weighted by Gasteiger charge is 2.11. The van der Waals surface area contributed by atoms with Gasteiger partial charge in [0.25, 0.3) is 0 Å². The number of aliphatic hydroxyl groups excluding tert-OH is 1. The van der Waals surface area contributed by atoms with E-state index in [2.05, 4.69) is 10.6 Å². The van der Waals surface area contributed by atoms with Gasteiger partial charge in [-0.05, 0) is 24.1 Å². The van der Waals surface area contributed by atoms with Gasteiger partial charge in [-0.2, -0.15) is 0 Å². The number of nitrogens with zero attached hydrogens (tertiary/aromatic N) is 1. The molecule has 9 heteroatoms. The molecule has 1 aromatic rings. The molecule has 0 spiro atoms. The van der Waals surface area contributed by atoms with Gasteiger partial charge >= 0.3 is 6.03 Å². The van der Waals surface area contributed by atoms with Gasteiger partial charge in [-0.25, -0.2) is 21.9 Å². The molecule has 1 aromatic carbocycles. The van der Waals surface area contributed by atoms with Crippen LogP contribution in [0.4, 0.5) is 9.18 Å². The fraction of sp³-hybridized carbons (Fsp3) is 0.500. The van der Waals surface area contributed by atoms with Crippen LogP contribution in [0.5, 0.6) is 0 Å². The topological polar surface area (TPSA) is 98.7 Å². The molecule has 0 heterocycles. The van der Waals surface area contributed by atoms with E-state index in [9.17, 15) is 22.7 Å². The fourth-order valence-electron chi connectivity index (χ4n) is 1.72. The Kier molecular flexibility index (Phi) is 7.40. The molecular formula is C14H22FN3O4S. The molecule has 0 unspecified atom stereocenters. The molecule has 0 aliphatic heterocycles. The van der Waals surface area contributed by atoms with E-state index in [0.717, 1.165) is 6.26 Å². The Hall–Kier alpha value is -1.71. The van der Waals surface area contributed by atoms with E-state index >= 15 is 0 Å². The normalized spacial score (nSPS) is 12.9. The van der Waals surface area contributed by atoms with Crippen LogP contribution >= 0.6 is 0 Å². The predicted octanol–water partition coefficient (Wildman–Crippen LogP) is 0.440. The minimum atomic E-state index is -3.21. The number of sulfonamides is 1. The van der Waals surface area contributed by atoms with E-state index in [1.165, 1.54) is 35.6 Å². The minimum absolute atomic E-state index is 0.0132. The molecule has 0 aliphatic rings. The minimum Gasteiger partial charge on any atom is -0.387 e. The fourth-order valence-corrected chi connectivity index (χ4v) is 2.18. The number of hydrogen-bond acceptors (Lipinski definition) is 4. The Labute approximate surface area is 135 Å². The second-order valence-electron chi connectivity index (χ2n) is 5.14. The van der Waals surface area contributed by atoms with Crippen molar-refractivity contribution in [2.75, 3.05) is 32.9 Å². The van der Waals surface area contributed by atoms with Crippen molar-refractivity contribution in [3.8, 4) is 0 Å². The number of amides is 2. The first-order valence-electron chi connectivity index (χ1n) is 7.06. The smallest absolute Gasteiger partial charge is 0.314 e. The van der Waals surface area contributed by atoms with Crippen LogP contribution in [0.15, 0.2) is 24.3 Å². The molecule has 0 aliphatic carbocycles. The third-order valence-electron chi connectivity index (χ3n) is 3.21. The second kappa shape index (κ2) is 8.80. The lowest BCUT2D eigenvalue weighted by atomic mass is 10.1. The Morgan fingerprint density at radius 3 is 2.48 bits per heavy atom. The van der Waals surface area contributed by atoms with Crippen molar-refractivity contribution < 1.29 is 22.7 Å². The summed E-state index contributed by atoms with van der Waals surface area (Å²) in [7, 11) is -1.75. The molecule has 0 aromatic heterocycles. The summed E-state index contributed by atoms with van der Waals surface area (Å²) >= 11 is 0. The van der Waals surface area contributed by atoms with Gasteiger partial charge in [0.1, 0.15) is 5.82 Å². The molecular weight excluding hydrogens is 325 g/mol. The summed E-state index contributed by atoms with van der Waals surface area (Å²) in [6.07, 6.45) is 0.652. The van der Waals surface area contributed by atoms with Crippen molar-refractivity contribution in [1.29, 1.82) is 0 Å². The lowest BCUT2D eigenvalue weighted by Crippen LogP contribution is -2.39. The summed E-state index contributed by atoms with van der Waals surface area (Å²) in [4.78, 5) is 11.5. The standard InChI is InChI=1S/C14H22FN3O4S/c1-18(23(2,21)22)9-3-8-16-14(20)17-10-13(19)11-4-6-12(15)7-5-11/h4-7,13,19H,3,8-10H2,1-2H3,(H2,16,17,20)/t13-/m1/s1. The maximum Gasteiger partial charge on any atom is 0.314 e. The number of urea groups is 1. The lowest BCUT2D eigenvalue weighted by molar-refractivity contribution is 0.173. The molecule has 23 heavy (non-hydrogen) atoms. The highest BCUT2D eigenvalue weighted by molar-refractivity contribution is 7.88. The maximum atomic E-state index is 12.8. The van der Waals surface area contributed by atoms with E-state index in [1.54, 1.807) is 0 Å². The van der Waals surface area contributed by atoms with Gasteiger partial charge in [0.05, 0.1) is 12.4 Å². The number of aliphatic hydroxyl groups is 1. The van der Waals surface area contributed by atoms with Crippen molar-refractivity contribution in [1.82, 2.24) is 14.9 Å². The third kappa shape index (κ3) is 7.40. The van der Waals surface area contributed by atoms with Crippen molar-refractivity contribution in [2.45, 2.75) is 12.5 Å². The molecule has 0 fully saturated rings. The average molecular weight is 347 g/mol. The number of carbonyl (C=O) groups is 1. The second-order valence-corrected chi connectivity index (χ2v) is 7.23. The Bertz CT molecular complexity index is 607. The van der Waals surface area contributed by atoms with Gasteiger partial charge in [0, 0.05) is 26.7 Å². The van der Waals surface area contributed by atoms with Crippen molar-refractivity contribution >= 4 is 16.1 Å². The Morgan fingerprint density at radius 2 is 1.91 bits per heavy atom. The van der Waals surface area contributed by atoms with Crippen LogP contribution in [0.1, 0.15) is 18.1 Å². The zero-order valence-electron chi connectivity index (χ0n) is 13.1. The van der Waals surface area contributed by atoms with Gasteiger partial charge in [-0.3, -0.25) is 0 Å². The number of halogens is 1. The summed E-state index contributed by atoms with van der Waals surface area (Å²) in [5.41, 5.74) is 0.501. The molecule has 2 amide bonds. The zero-order chi connectivity index (χ0) is 17.5. The van der Waals surface area contributed by atoms with E-state index in [0.29, 0.717) is 25.1 Å². The van der Waals surface area contributed by atoms with Crippen LogP contribution in [0, 0.1) is 5.82 Å². The number of carbonyl (C=O) groups excluding carboxylic acids is 1. The van der Waals surface area contributed by atoms with E-state index in [1.807, 2.05) is 0 Å². The van der Waals surface area contributed by atoms with E-state index in [4.69, 9.17) is 0 Å². The molecule has 7 nitrogen and oxygen atoms in total. The first-order chi connectivity index (χ1) is 10.7. The number of hydrogen-bond donors (Lipinski definition) is 3. The highest BCUT2D eigenvalue weighted by Crippen LogP contribution is 2.12. The van der Waals surface area contributed by atoms with Crippen LogP contribution in [0.2, 0.25) is 0 Å². The maximum absolute atomic E-state index is 12.8. The van der Waals surface area contributed by atoms with Crippen molar-refractivity contribution in [3.05, 3.63) is 35.6 Å². The molecule has 0 saturated heterocycles. The van der Waals surface area contributed by atoms with E-state index < -0.39 is 28.0 Å². The van der Waals surface area contributed by atoms with Gasteiger partial charge in [-0.15, -0.1) is 0 Å². The van der Waals surface area contributed by atoms with Crippen molar-refractivity contribution in [2.24, 2.45) is 0 Å². The van der Waals surface area contributed by atoms with Gasteiger partial charge in [-0.1, -0.05) is 12.1 Å². The number of rotatable bonds is 8. The largest absolute Gasteiger partial charge is 0.387 e. The Morgan fingerprint density at radius 1 is 1.30 bits per heavy atom. The van der Waals surface area contributed by atoms with Crippen LogP contribution in [-0.4, -0.2) is 56.8 Å². The summed E-state index contributed by atoms with van der Waals surface area (Å²) < 4.78 is 36.3. The quantitative estimate of drug-likeness (QED) is 0.594. The van der Waals surface area contributed by atoms with Crippen LogP contribution in [-0.2, 0) is 10.0 Å². The van der Waals surface area contributed by atoms with Crippen LogP contribution in [0.3, 0.4) is 0 Å². The van der Waals surface area contributed by atoms with Gasteiger partial charge in [0.15, 0.2) is 0 Å². The average Bonchev–Trinajstić information content (AvgIpc) is 2.48. The predicted molar refractivity (Wildman–Crippen MR) is 84.9 cm³/mol. The highest BCUT2D eigenvalue weighted by atomic mass is 32.2. The molecule has 3 N–H and O–H groups in total. The van der Waals surface area contributed by atoms with Crippen molar-refractivity contribution in [3.63, 3.8) is 0 Å². The summed E-state index contributed by atoms with van der Waals surface area (Å²) in [6.45, 7) is 0.594. The monoisotopic (exact) mass is 347 g/mol. The third-order valence-corrected chi connectivity index (χ3v) is 4.53. The van der Waals surface area contributed by atoms with E-state index in [-0.39, 0.29) is 6.54 Å². The lowest BCUT2D eigenvalue weighted by Gasteiger charge is -2.15. The molecule has 0 bridgehead atoms. The molecule has 0 radical (unpaired) electrons. The summed E-state index contributed by atoms with van der Waals surface area (Å²) in [5, 5.41) is 14.9. The van der Waals surface area contributed by atoms with Gasteiger partial charge < -0.3 is 15.7 Å².